The summed E-state index contributed by atoms with van der Waals surface area (Å²) in [5.74, 6) is -8.15. The number of rotatable bonds is 5. The van der Waals surface area contributed by atoms with E-state index in [2.05, 4.69) is 5.10 Å². The molecule has 9 nitrogen and oxygen atoms in total. The van der Waals surface area contributed by atoms with Crippen molar-refractivity contribution in [3.63, 3.8) is 0 Å². The van der Waals surface area contributed by atoms with Gasteiger partial charge in [0.25, 0.3) is 5.91 Å². The normalized spacial score (nSPS) is 18.5. The number of carbonyl (C=O) groups is 4. The highest BCUT2D eigenvalue weighted by Gasteiger charge is 2.52. The van der Waals surface area contributed by atoms with Crippen LogP contribution in [0.25, 0.3) is 0 Å². The third-order valence-corrected chi connectivity index (χ3v) is 6.75. The Labute approximate surface area is 238 Å². The number of alkyl halides is 3. The number of hydrogen-bond donors (Lipinski definition) is 0. The fraction of sp³-hybridized carbons (Fsp3) is 0.179. The zero-order valence-electron chi connectivity index (χ0n) is 21.8. The molecule has 3 aromatic carbocycles. The Bertz CT molecular complexity index is 1690. The number of amides is 2. The first kappa shape index (κ1) is 29.4. The first-order valence-electron chi connectivity index (χ1n) is 12.5. The lowest BCUT2D eigenvalue weighted by Crippen LogP contribution is -2.52. The Morgan fingerprint density at radius 1 is 0.907 bits per heavy atom. The Kier molecular flexibility index (Phi) is 7.52. The monoisotopic (exact) mass is 605 g/mol. The molecule has 0 aromatic heterocycles. The number of halogens is 6. The molecule has 0 radical (unpaired) electrons. The van der Waals surface area contributed by atoms with Crippen molar-refractivity contribution in [3.8, 4) is 0 Å². The van der Waals surface area contributed by atoms with Crippen LogP contribution >= 0.6 is 0 Å². The van der Waals surface area contributed by atoms with Gasteiger partial charge in [-0.1, -0.05) is 18.2 Å². The average Bonchev–Trinajstić information content (AvgIpc) is 2.97. The summed E-state index contributed by atoms with van der Waals surface area (Å²) in [4.78, 5) is 57.3. The number of benzene rings is 3. The van der Waals surface area contributed by atoms with Crippen LogP contribution in [0.5, 0.6) is 0 Å². The molecule has 0 saturated carbocycles. The fourth-order valence-electron chi connectivity index (χ4n) is 4.71. The van der Waals surface area contributed by atoms with Crippen LogP contribution in [0.15, 0.2) is 65.8 Å². The van der Waals surface area contributed by atoms with Crippen LogP contribution in [0.3, 0.4) is 0 Å². The summed E-state index contributed by atoms with van der Waals surface area (Å²) in [6.45, 7) is -1.45. The molecule has 5 rings (SSSR count). The highest BCUT2D eigenvalue weighted by molar-refractivity contribution is 6.37. The zero-order valence-corrected chi connectivity index (χ0v) is 21.8. The lowest BCUT2D eigenvalue weighted by Gasteiger charge is -2.34. The molecular formula is C28H19F6N4O5+. The maximum absolute atomic E-state index is 14.9. The number of anilines is 1. The van der Waals surface area contributed by atoms with Crippen LogP contribution in [0.2, 0.25) is 0 Å². The van der Waals surface area contributed by atoms with Gasteiger partial charge in [0, 0.05) is 41.2 Å². The van der Waals surface area contributed by atoms with Gasteiger partial charge in [0.1, 0.15) is 18.6 Å². The summed E-state index contributed by atoms with van der Waals surface area (Å²) in [6, 6.07) is 11.2. The maximum atomic E-state index is 14.9. The smallest absolute Gasteiger partial charge is 0.327 e. The van der Waals surface area contributed by atoms with Crippen molar-refractivity contribution in [2.75, 3.05) is 24.5 Å². The molecular weight excluding hydrogens is 586 g/mol. The second-order valence-corrected chi connectivity index (χ2v) is 9.55. The number of nitrogens with zero attached hydrogens (tertiary/aromatic N) is 4. The largest absolute Gasteiger partial charge is 0.497 e. The molecule has 1 saturated heterocycles. The Morgan fingerprint density at radius 2 is 1.63 bits per heavy atom. The van der Waals surface area contributed by atoms with E-state index in [4.69, 9.17) is 4.84 Å². The number of hydrogen-bond acceptors (Lipinski definition) is 6. The van der Waals surface area contributed by atoms with E-state index in [1.165, 1.54) is 30.3 Å². The lowest BCUT2D eigenvalue weighted by molar-refractivity contribution is -0.237. The minimum atomic E-state index is -5.42. The van der Waals surface area contributed by atoms with Crippen LogP contribution in [0.1, 0.15) is 26.3 Å². The summed E-state index contributed by atoms with van der Waals surface area (Å²) >= 11 is 0. The van der Waals surface area contributed by atoms with Crippen molar-refractivity contribution in [2.45, 2.75) is 12.7 Å². The van der Waals surface area contributed by atoms with Crippen molar-refractivity contribution >= 4 is 41.2 Å². The molecule has 3 aromatic rings. The van der Waals surface area contributed by atoms with Gasteiger partial charge in [-0.05, 0) is 35.4 Å². The number of Topliss-reactive ketones (excluding diaryl/α,β-unsaturated/α-hetero) is 1. The van der Waals surface area contributed by atoms with Gasteiger partial charge < -0.3 is 9.80 Å². The first-order chi connectivity index (χ1) is 20.3. The highest BCUT2D eigenvalue weighted by atomic mass is 19.4. The van der Waals surface area contributed by atoms with Gasteiger partial charge in [0.15, 0.2) is 18.2 Å². The van der Waals surface area contributed by atoms with Crippen LogP contribution in [-0.4, -0.2) is 60.5 Å². The third kappa shape index (κ3) is 5.70. The van der Waals surface area contributed by atoms with E-state index in [0.29, 0.717) is 6.21 Å². The van der Waals surface area contributed by atoms with E-state index in [-0.39, 0.29) is 35.6 Å². The van der Waals surface area contributed by atoms with Gasteiger partial charge >= 0.3 is 12.1 Å². The second-order valence-electron chi connectivity index (χ2n) is 9.55. The van der Waals surface area contributed by atoms with Gasteiger partial charge in [-0.3, -0.25) is 14.4 Å². The molecule has 222 valence electrons. The van der Waals surface area contributed by atoms with Crippen LogP contribution < -0.4 is 9.66 Å². The summed E-state index contributed by atoms with van der Waals surface area (Å²) in [7, 11) is 0. The van der Waals surface area contributed by atoms with Gasteiger partial charge in [-0.2, -0.15) is 13.2 Å². The van der Waals surface area contributed by atoms with Crippen molar-refractivity contribution in [1.82, 2.24) is 9.66 Å². The van der Waals surface area contributed by atoms with Crippen molar-refractivity contribution < 1.29 is 50.4 Å². The quantitative estimate of drug-likeness (QED) is 0.319. The molecule has 1 atom stereocenters. The van der Waals surface area contributed by atoms with Gasteiger partial charge in [-0.15, -0.1) is 0 Å². The van der Waals surface area contributed by atoms with Gasteiger partial charge in [-0.25, -0.2) is 22.8 Å². The molecule has 0 spiro atoms. The minimum absolute atomic E-state index is 0.00669. The van der Waals surface area contributed by atoms with Gasteiger partial charge in [0.05, 0.1) is 11.1 Å². The minimum Gasteiger partial charge on any atom is -0.327 e. The Morgan fingerprint density at radius 3 is 2.33 bits per heavy atom. The second kappa shape index (κ2) is 11.0. The number of para-hydroxylation sites is 1. The number of carbonyl (C=O) groups excluding carboxylic acids is 4. The van der Waals surface area contributed by atoms with Crippen LogP contribution in [-0.2, 0) is 21.0 Å². The number of ketones is 1. The summed E-state index contributed by atoms with van der Waals surface area (Å²) in [5.41, 5.74) is -0.787. The molecule has 0 aliphatic carbocycles. The van der Waals surface area contributed by atoms with Crippen LogP contribution in [0.4, 0.5) is 37.7 Å². The standard InChI is InChI=1S/C28H19F6N4O5/c29-20-7-5-16(15-38(43-27(42)28(32,33)34)23-4-2-1-3-18(23)24(39)13-35-38)11-19(20)26(41)36-9-10-37(25(40)14-36)17-6-8-21(30)22(31)12-17/h1-8,11-13H,9-10,14-15H2/q+1. The summed E-state index contributed by atoms with van der Waals surface area (Å²) in [6.07, 6.45) is -4.73. The first-order valence-corrected chi connectivity index (χ1v) is 12.5. The van der Waals surface area contributed by atoms with Crippen molar-refractivity contribution in [3.05, 3.63) is 94.8 Å². The number of fused-ring (bicyclic) bond motifs is 1. The molecule has 2 amide bonds. The molecule has 2 aliphatic rings. The van der Waals surface area contributed by atoms with E-state index in [1.807, 2.05) is 0 Å². The Hall–Kier alpha value is -5.05. The highest BCUT2D eigenvalue weighted by Crippen LogP contribution is 2.36. The fourth-order valence-corrected chi connectivity index (χ4v) is 4.71. The zero-order chi connectivity index (χ0) is 31.1. The molecule has 0 N–H and O–H groups in total. The molecule has 15 heteroatoms. The van der Waals surface area contributed by atoms with Gasteiger partial charge in [0.2, 0.25) is 17.4 Å². The summed E-state index contributed by atoms with van der Waals surface area (Å²) < 4.78 is 80.1. The lowest BCUT2D eigenvalue weighted by atomic mass is 10.0. The van der Waals surface area contributed by atoms with E-state index in [1.54, 1.807) is 0 Å². The maximum Gasteiger partial charge on any atom is 0.497 e. The predicted molar refractivity (Wildman–Crippen MR) is 138 cm³/mol. The molecule has 1 unspecified atom stereocenters. The third-order valence-electron chi connectivity index (χ3n) is 6.75. The molecule has 0 bridgehead atoms. The van der Waals surface area contributed by atoms with Crippen LogP contribution in [0, 0.1) is 17.5 Å². The summed E-state index contributed by atoms with van der Waals surface area (Å²) in [5, 5.41) is 3.81. The molecule has 2 heterocycles. The number of hydroxylamine groups is 1. The van der Waals surface area contributed by atoms with E-state index in [9.17, 15) is 45.5 Å². The van der Waals surface area contributed by atoms with E-state index in [0.717, 1.165) is 40.1 Å². The average molecular weight is 605 g/mol. The predicted octanol–water partition coefficient (Wildman–Crippen LogP) is 4.30. The molecule has 2 aliphatic heterocycles. The SMILES string of the molecule is O=C1C=N[N+](Cc2ccc(F)c(C(=O)N3CCN(c4ccc(F)c(F)c4)C(=O)C3)c2)(OC(=O)C(F)(F)F)c2ccccc21. The van der Waals surface area contributed by atoms with Crippen molar-refractivity contribution in [2.24, 2.45) is 5.10 Å². The Balaban J connectivity index is 1.43. The van der Waals surface area contributed by atoms with E-state index >= 15 is 0 Å². The number of quaternary nitrogens is 1. The molecule has 1 fully saturated rings. The van der Waals surface area contributed by atoms with Crippen molar-refractivity contribution in [1.29, 1.82) is 0 Å². The molecule has 43 heavy (non-hydrogen) atoms. The number of piperazine rings is 1. The topological polar surface area (TPSA) is 96.4 Å². The van der Waals surface area contributed by atoms with E-state index < -0.39 is 70.6 Å².